The summed E-state index contributed by atoms with van der Waals surface area (Å²) < 4.78 is 2.81. The summed E-state index contributed by atoms with van der Waals surface area (Å²) in [6.07, 6.45) is 5.45. The first kappa shape index (κ1) is 13.2. The highest BCUT2D eigenvalue weighted by atomic mass is 79.9. The first-order valence-electron chi connectivity index (χ1n) is 5.44. The Morgan fingerprint density at radius 2 is 2.44 bits per heavy atom. The maximum Gasteiger partial charge on any atom is 0.105 e. The van der Waals surface area contributed by atoms with E-state index >= 15 is 0 Å². The summed E-state index contributed by atoms with van der Waals surface area (Å²) in [5, 5.41) is 16.6. The Morgan fingerprint density at radius 1 is 1.69 bits per heavy atom. The van der Waals surface area contributed by atoms with Gasteiger partial charge < -0.3 is 0 Å². The predicted octanol–water partition coefficient (Wildman–Crippen LogP) is 2.32. The van der Waals surface area contributed by atoms with E-state index in [-0.39, 0.29) is 0 Å². The molecule has 0 saturated carbocycles. The molecule has 0 radical (unpaired) electrons. The third-order valence-corrected chi connectivity index (χ3v) is 2.86. The Morgan fingerprint density at radius 3 is 2.94 bits per heavy atom. The summed E-state index contributed by atoms with van der Waals surface area (Å²) in [7, 11) is 0. The SMILES string of the molecule is CCCNC(C)(C#N)CCn1cc(Br)cn1. The molecule has 1 aromatic rings. The molecule has 1 heterocycles. The van der Waals surface area contributed by atoms with Crippen molar-refractivity contribution in [1.29, 1.82) is 5.26 Å². The van der Waals surface area contributed by atoms with Crippen LogP contribution in [0.25, 0.3) is 0 Å². The van der Waals surface area contributed by atoms with Crippen LogP contribution in [-0.4, -0.2) is 21.9 Å². The van der Waals surface area contributed by atoms with Gasteiger partial charge in [0, 0.05) is 12.7 Å². The number of hydrogen-bond acceptors (Lipinski definition) is 3. The quantitative estimate of drug-likeness (QED) is 0.872. The molecule has 0 saturated heterocycles. The third-order valence-electron chi connectivity index (χ3n) is 2.45. The van der Waals surface area contributed by atoms with Crippen molar-refractivity contribution in [3.8, 4) is 6.07 Å². The van der Waals surface area contributed by atoms with Crippen LogP contribution in [0.1, 0.15) is 26.7 Å². The Balaban J connectivity index is 2.48. The molecule has 4 nitrogen and oxygen atoms in total. The van der Waals surface area contributed by atoms with Crippen molar-refractivity contribution >= 4 is 15.9 Å². The molecular weight excluding hydrogens is 268 g/mol. The van der Waals surface area contributed by atoms with Gasteiger partial charge in [0.1, 0.15) is 5.54 Å². The number of rotatable bonds is 6. The molecular formula is C11H17BrN4. The molecule has 0 aliphatic carbocycles. The van der Waals surface area contributed by atoms with E-state index in [1.54, 1.807) is 6.20 Å². The molecule has 1 rings (SSSR count). The first-order chi connectivity index (χ1) is 7.59. The highest BCUT2D eigenvalue weighted by Crippen LogP contribution is 2.12. The lowest BCUT2D eigenvalue weighted by Gasteiger charge is -2.22. The minimum atomic E-state index is -0.464. The molecule has 88 valence electrons. The predicted molar refractivity (Wildman–Crippen MR) is 66.9 cm³/mol. The normalized spacial score (nSPS) is 14.4. The van der Waals surface area contributed by atoms with Crippen molar-refractivity contribution in [2.45, 2.75) is 38.8 Å². The Hall–Kier alpha value is -0.860. The van der Waals surface area contributed by atoms with Crippen LogP contribution in [0.15, 0.2) is 16.9 Å². The highest BCUT2D eigenvalue weighted by Gasteiger charge is 2.22. The number of aryl methyl sites for hydroxylation is 1. The molecule has 0 aromatic carbocycles. The molecule has 0 bridgehead atoms. The van der Waals surface area contributed by atoms with Gasteiger partial charge in [-0.2, -0.15) is 10.4 Å². The van der Waals surface area contributed by atoms with Crippen molar-refractivity contribution in [2.75, 3.05) is 6.54 Å². The number of halogens is 1. The first-order valence-corrected chi connectivity index (χ1v) is 6.23. The molecule has 1 atom stereocenters. The lowest BCUT2D eigenvalue weighted by molar-refractivity contribution is 0.383. The second kappa shape index (κ2) is 6.02. The Bertz CT molecular complexity index is 368. The summed E-state index contributed by atoms with van der Waals surface area (Å²) in [4.78, 5) is 0. The van der Waals surface area contributed by atoms with Gasteiger partial charge in [-0.1, -0.05) is 6.92 Å². The number of nitriles is 1. The van der Waals surface area contributed by atoms with Crippen molar-refractivity contribution in [1.82, 2.24) is 15.1 Å². The van der Waals surface area contributed by atoms with E-state index < -0.39 is 5.54 Å². The molecule has 0 spiro atoms. The second-order valence-corrected chi connectivity index (χ2v) is 4.96. The minimum Gasteiger partial charge on any atom is -0.300 e. The Kier molecular flexibility index (Phi) is 4.97. The zero-order valence-corrected chi connectivity index (χ0v) is 11.3. The van der Waals surface area contributed by atoms with Gasteiger partial charge in [0.25, 0.3) is 0 Å². The fraction of sp³-hybridized carbons (Fsp3) is 0.636. The summed E-state index contributed by atoms with van der Waals surface area (Å²) >= 11 is 3.35. The topological polar surface area (TPSA) is 53.6 Å². The molecule has 0 amide bonds. The van der Waals surface area contributed by atoms with E-state index in [2.05, 4.69) is 39.3 Å². The van der Waals surface area contributed by atoms with Crippen LogP contribution in [0.5, 0.6) is 0 Å². The maximum atomic E-state index is 9.14. The summed E-state index contributed by atoms with van der Waals surface area (Å²) in [5.41, 5.74) is -0.464. The summed E-state index contributed by atoms with van der Waals surface area (Å²) in [5.74, 6) is 0. The monoisotopic (exact) mass is 284 g/mol. The van der Waals surface area contributed by atoms with Gasteiger partial charge in [-0.25, -0.2) is 0 Å². The van der Waals surface area contributed by atoms with E-state index in [9.17, 15) is 0 Å². The van der Waals surface area contributed by atoms with Crippen molar-refractivity contribution < 1.29 is 0 Å². The number of aromatic nitrogens is 2. The van der Waals surface area contributed by atoms with Crippen molar-refractivity contribution in [3.63, 3.8) is 0 Å². The van der Waals surface area contributed by atoms with Gasteiger partial charge in [-0.15, -0.1) is 0 Å². The van der Waals surface area contributed by atoms with Crippen LogP contribution in [-0.2, 0) is 6.54 Å². The van der Waals surface area contributed by atoms with Gasteiger partial charge in [0.05, 0.1) is 16.7 Å². The fourth-order valence-electron chi connectivity index (χ4n) is 1.38. The summed E-state index contributed by atoms with van der Waals surface area (Å²) in [6.45, 7) is 5.63. The van der Waals surface area contributed by atoms with Gasteiger partial charge in [0.2, 0.25) is 0 Å². The van der Waals surface area contributed by atoms with Gasteiger partial charge in [0.15, 0.2) is 0 Å². The van der Waals surface area contributed by atoms with Gasteiger partial charge >= 0.3 is 0 Å². The molecule has 1 aromatic heterocycles. The van der Waals surface area contributed by atoms with E-state index in [1.807, 2.05) is 17.8 Å². The van der Waals surface area contributed by atoms with Gasteiger partial charge in [-0.05, 0) is 42.2 Å². The zero-order valence-electron chi connectivity index (χ0n) is 9.70. The average molecular weight is 285 g/mol. The average Bonchev–Trinajstić information content (AvgIpc) is 2.70. The summed E-state index contributed by atoms with van der Waals surface area (Å²) in [6, 6.07) is 2.33. The smallest absolute Gasteiger partial charge is 0.105 e. The van der Waals surface area contributed by atoms with Crippen LogP contribution in [0.2, 0.25) is 0 Å². The molecule has 0 aliphatic heterocycles. The fourth-order valence-corrected chi connectivity index (χ4v) is 1.71. The molecule has 16 heavy (non-hydrogen) atoms. The minimum absolute atomic E-state index is 0.464. The second-order valence-electron chi connectivity index (χ2n) is 4.04. The van der Waals surface area contributed by atoms with Crippen molar-refractivity contribution in [3.05, 3.63) is 16.9 Å². The number of nitrogens with zero attached hydrogens (tertiary/aromatic N) is 3. The van der Waals surface area contributed by atoms with E-state index in [0.717, 1.165) is 30.4 Å². The lowest BCUT2D eigenvalue weighted by Crippen LogP contribution is -2.42. The molecule has 1 unspecified atom stereocenters. The number of nitrogens with one attached hydrogen (secondary N) is 1. The van der Waals surface area contributed by atoms with Crippen LogP contribution in [0.3, 0.4) is 0 Å². The van der Waals surface area contributed by atoms with E-state index in [4.69, 9.17) is 5.26 Å². The lowest BCUT2D eigenvalue weighted by atomic mass is 10.00. The zero-order chi connectivity index (χ0) is 12.0. The van der Waals surface area contributed by atoms with Gasteiger partial charge in [-0.3, -0.25) is 10.00 Å². The van der Waals surface area contributed by atoms with E-state index in [1.165, 1.54) is 0 Å². The maximum absolute atomic E-state index is 9.14. The van der Waals surface area contributed by atoms with Crippen LogP contribution < -0.4 is 5.32 Å². The number of hydrogen-bond donors (Lipinski definition) is 1. The van der Waals surface area contributed by atoms with Crippen LogP contribution in [0, 0.1) is 11.3 Å². The molecule has 5 heteroatoms. The molecule has 1 N–H and O–H groups in total. The highest BCUT2D eigenvalue weighted by molar-refractivity contribution is 9.10. The van der Waals surface area contributed by atoms with E-state index in [0.29, 0.717) is 0 Å². The largest absolute Gasteiger partial charge is 0.300 e. The molecule has 0 fully saturated rings. The van der Waals surface area contributed by atoms with Crippen LogP contribution in [0.4, 0.5) is 0 Å². The Labute approximate surface area is 105 Å². The van der Waals surface area contributed by atoms with Crippen LogP contribution >= 0.6 is 15.9 Å². The van der Waals surface area contributed by atoms with Crippen molar-refractivity contribution in [2.24, 2.45) is 0 Å². The molecule has 0 aliphatic rings. The standard InChI is InChI=1S/C11H17BrN4/c1-3-5-14-11(2,9-13)4-6-16-8-10(12)7-15-16/h7-8,14H,3-6H2,1-2H3. The third kappa shape index (κ3) is 3.95.